The maximum atomic E-state index is 13.3. The van der Waals surface area contributed by atoms with Crippen molar-refractivity contribution in [2.45, 2.75) is 32.5 Å². The summed E-state index contributed by atoms with van der Waals surface area (Å²) in [6.07, 6.45) is 1.83. The zero-order valence-electron chi connectivity index (χ0n) is 14.6. The second-order valence-electron chi connectivity index (χ2n) is 6.92. The number of rotatable bonds is 1. The standard InChI is InChI=1S/C18H21ClFN5O/c1-23-6-2-7-25-17(11-23)13-10-24(8-5-16(13)22-25)18(26)21-12-3-4-15(20)14(19)9-12/h3-4,9H,2,5-8,10-11H2,1H3,(H,21,26). The summed E-state index contributed by atoms with van der Waals surface area (Å²) in [5, 5.41) is 7.55. The normalized spacial score (nSPS) is 17.4. The van der Waals surface area contributed by atoms with Crippen LogP contribution in [0.25, 0.3) is 0 Å². The molecule has 0 fully saturated rings. The lowest BCUT2D eigenvalue weighted by atomic mass is 10.1. The zero-order chi connectivity index (χ0) is 18.3. The highest BCUT2D eigenvalue weighted by atomic mass is 35.5. The van der Waals surface area contributed by atoms with E-state index >= 15 is 0 Å². The van der Waals surface area contributed by atoms with E-state index in [2.05, 4.69) is 21.9 Å². The molecule has 2 aliphatic rings. The fraction of sp³-hybridized carbons (Fsp3) is 0.444. The summed E-state index contributed by atoms with van der Waals surface area (Å²) in [6, 6.07) is 3.97. The third-order valence-corrected chi connectivity index (χ3v) is 5.29. The molecule has 1 aromatic heterocycles. The largest absolute Gasteiger partial charge is 0.322 e. The lowest BCUT2D eigenvalue weighted by molar-refractivity contribution is 0.205. The first kappa shape index (κ1) is 17.3. The van der Waals surface area contributed by atoms with Gasteiger partial charge in [-0.05, 0) is 31.7 Å². The van der Waals surface area contributed by atoms with Crippen LogP contribution in [0.3, 0.4) is 0 Å². The molecule has 0 saturated carbocycles. The Kier molecular flexibility index (Phi) is 4.58. The molecule has 0 radical (unpaired) electrons. The number of carbonyl (C=O) groups is 1. The molecular formula is C18H21ClFN5O. The summed E-state index contributed by atoms with van der Waals surface area (Å²) in [5.41, 5.74) is 3.96. The summed E-state index contributed by atoms with van der Waals surface area (Å²) >= 11 is 5.79. The lowest BCUT2D eigenvalue weighted by Gasteiger charge is -2.27. The number of amides is 2. The molecule has 4 rings (SSSR count). The van der Waals surface area contributed by atoms with Gasteiger partial charge in [0, 0.05) is 43.9 Å². The number of nitrogens with zero attached hydrogens (tertiary/aromatic N) is 4. The van der Waals surface area contributed by atoms with E-state index in [1.165, 1.54) is 23.9 Å². The van der Waals surface area contributed by atoms with E-state index in [1.807, 2.05) is 0 Å². The Balaban J connectivity index is 1.51. The predicted molar refractivity (Wildman–Crippen MR) is 97.7 cm³/mol. The van der Waals surface area contributed by atoms with Gasteiger partial charge in [0.25, 0.3) is 0 Å². The minimum atomic E-state index is -0.501. The van der Waals surface area contributed by atoms with Crippen LogP contribution < -0.4 is 5.32 Å². The van der Waals surface area contributed by atoms with E-state index in [4.69, 9.17) is 16.7 Å². The van der Waals surface area contributed by atoms with Gasteiger partial charge in [-0.2, -0.15) is 5.10 Å². The fourth-order valence-corrected chi connectivity index (χ4v) is 3.80. The van der Waals surface area contributed by atoms with Crippen LogP contribution in [0.1, 0.15) is 23.4 Å². The van der Waals surface area contributed by atoms with Gasteiger partial charge in [0.2, 0.25) is 0 Å². The van der Waals surface area contributed by atoms with Crippen LogP contribution in [0.15, 0.2) is 18.2 Å². The zero-order valence-corrected chi connectivity index (χ0v) is 15.4. The second-order valence-corrected chi connectivity index (χ2v) is 7.32. The number of halogens is 2. The number of benzene rings is 1. The van der Waals surface area contributed by atoms with Crippen molar-refractivity contribution in [3.05, 3.63) is 46.0 Å². The molecule has 2 aromatic rings. The number of hydrogen-bond acceptors (Lipinski definition) is 3. The van der Waals surface area contributed by atoms with E-state index < -0.39 is 5.82 Å². The molecule has 1 N–H and O–H groups in total. The Labute approximate surface area is 156 Å². The van der Waals surface area contributed by atoms with Crippen molar-refractivity contribution >= 4 is 23.3 Å². The number of fused-ring (bicyclic) bond motifs is 3. The van der Waals surface area contributed by atoms with Gasteiger partial charge in [-0.25, -0.2) is 9.18 Å². The number of hydrogen-bond donors (Lipinski definition) is 1. The molecule has 0 atom stereocenters. The van der Waals surface area contributed by atoms with Crippen LogP contribution in [0, 0.1) is 5.82 Å². The second kappa shape index (κ2) is 6.89. The number of carbonyl (C=O) groups excluding carboxylic acids is 1. The highest BCUT2D eigenvalue weighted by molar-refractivity contribution is 6.31. The number of aromatic nitrogens is 2. The first-order chi connectivity index (χ1) is 12.5. The highest BCUT2D eigenvalue weighted by Gasteiger charge is 2.28. The molecule has 0 bridgehead atoms. The smallest absolute Gasteiger partial charge is 0.320 e. The van der Waals surface area contributed by atoms with Crippen LogP contribution in [-0.4, -0.2) is 45.7 Å². The molecule has 6 nitrogen and oxygen atoms in total. The average Bonchev–Trinajstić information content (AvgIpc) is 2.83. The molecule has 8 heteroatoms. The SMILES string of the molecule is CN1CCCn2nc3c(c2C1)CN(C(=O)Nc1ccc(F)c(Cl)c1)CC3. The third kappa shape index (κ3) is 3.29. The maximum Gasteiger partial charge on any atom is 0.322 e. The molecule has 0 unspecified atom stereocenters. The molecule has 3 heterocycles. The Morgan fingerprint density at radius 1 is 1.27 bits per heavy atom. The Hall–Kier alpha value is -2.12. The van der Waals surface area contributed by atoms with Crippen LogP contribution in [0.5, 0.6) is 0 Å². The third-order valence-electron chi connectivity index (χ3n) is 5.00. The topological polar surface area (TPSA) is 53.4 Å². The summed E-state index contributed by atoms with van der Waals surface area (Å²) in [5.74, 6) is -0.501. The molecule has 26 heavy (non-hydrogen) atoms. The number of aryl methyl sites for hydroxylation is 1. The van der Waals surface area contributed by atoms with Gasteiger partial charge in [-0.15, -0.1) is 0 Å². The van der Waals surface area contributed by atoms with Crippen molar-refractivity contribution in [3.63, 3.8) is 0 Å². The summed E-state index contributed by atoms with van der Waals surface area (Å²) < 4.78 is 15.4. The minimum Gasteiger partial charge on any atom is -0.320 e. The quantitative estimate of drug-likeness (QED) is 0.830. The molecule has 1 aromatic carbocycles. The van der Waals surface area contributed by atoms with Crippen molar-refractivity contribution in [3.8, 4) is 0 Å². The first-order valence-corrected chi connectivity index (χ1v) is 9.16. The monoisotopic (exact) mass is 377 g/mol. The summed E-state index contributed by atoms with van der Waals surface area (Å²) in [6.45, 7) is 3.98. The predicted octanol–water partition coefficient (Wildman–Crippen LogP) is 3.10. The number of urea groups is 1. The molecule has 138 valence electrons. The van der Waals surface area contributed by atoms with E-state index in [1.54, 1.807) is 4.90 Å². The Morgan fingerprint density at radius 3 is 2.92 bits per heavy atom. The van der Waals surface area contributed by atoms with Gasteiger partial charge in [0.05, 0.1) is 23.0 Å². The lowest BCUT2D eigenvalue weighted by Crippen LogP contribution is -2.39. The van der Waals surface area contributed by atoms with Gasteiger partial charge in [-0.3, -0.25) is 4.68 Å². The van der Waals surface area contributed by atoms with Crippen molar-refractivity contribution in [2.24, 2.45) is 0 Å². The Bertz CT molecular complexity index is 852. The summed E-state index contributed by atoms with van der Waals surface area (Å²) in [4.78, 5) is 16.7. The van der Waals surface area contributed by atoms with Crippen molar-refractivity contribution < 1.29 is 9.18 Å². The minimum absolute atomic E-state index is 0.00581. The van der Waals surface area contributed by atoms with Gasteiger partial charge >= 0.3 is 6.03 Å². The highest BCUT2D eigenvalue weighted by Crippen LogP contribution is 2.26. The Morgan fingerprint density at radius 2 is 2.12 bits per heavy atom. The summed E-state index contributed by atoms with van der Waals surface area (Å²) in [7, 11) is 2.11. The van der Waals surface area contributed by atoms with Gasteiger partial charge in [0.15, 0.2) is 0 Å². The molecule has 2 aliphatic heterocycles. The van der Waals surface area contributed by atoms with Gasteiger partial charge in [-0.1, -0.05) is 11.6 Å². The van der Waals surface area contributed by atoms with E-state index in [0.717, 1.165) is 43.7 Å². The molecule has 0 spiro atoms. The van der Waals surface area contributed by atoms with Gasteiger partial charge < -0.3 is 15.1 Å². The van der Waals surface area contributed by atoms with E-state index in [-0.39, 0.29) is 11.1 Å². The van der Waals surface area contributed by atoms with Crippen molar-refractivity contribution in [1.29, 1.82) is 0 Å². The van der Waals surface area contributed by atoms with Crippen molar-refractivity contribution in [2.75, 3.05) is 25.5 Å². The van der Waals surface area contributed by atoms with Gasteiger partial charge in [0.1, 0.15) is 5.82 Å². The van der Waals surface area contributed by atoms with Crippen LogP contribution in [0.4, 0.5) is 14.9 Å². The molecular weight excluding hydrogens is 357 g/mol. The molecule has 0 saturated heterocycles. The van der Waals surface area contributed by atoms with Crippen molar-refractivity contribution in [1.82, 2.24) is 19.6 Å². The molecule has 2 amide bonds. The van der Waals surface area contributed by atoms with E-state index in [9.17, 15) is 9.18 Å². The molecule has 0 aliphatic carbocycles. The van der Waals surface area contributed by atoms with Crippen LogP contribution >= 0.6 is 11.6 Å². The van der Waals surface area contributed by atoms with E-state index in [0.29, 0.717) is 18.8 Å². The average molecular weight is 378 g/mol. The number of nitrogens with one attached hydrogen (secondary N) is 1. The fourth-order valence-electron chi connectivity index (χ4n) is 3.62. The van der Waals surface area contributed by atoms with Crippen LogP contribution in [0.2, 0.25) is 5.02 Å². The number of anilines is 1. The first-order valence-electron chi connectivity index (χ1n) is 8.78. The van der Waals surface area contributed by atoms with Crippen LogP contribution in [-0.2, 0) is 26.1 Å². The maximum absolute atomic E-state index is 13.3.